The number of hydrogen-bond acceptors (Lipinski definition) is 8. The van der Waals surface area contributed by atoms with E-state index in [2.05, 4.69) is 39.2 Å². The first-order chi connectivity index (χ1) is 21.7. The second kappa shape index (κ2) is 12.2. The maximum absolute atomic E-state index is 13.3. The Hall–Kier alpha value is -5.51. The van der Waals surface area contributed by atoms with Gasteiger partial charge in [0.15, 0.2) is 5.65 Å². The number of nitrogens with zero attached hydrogens (tertiary/aromatic N) is 6. The monoisotopic (exact) mass is 602 g/mol. The molecule has 0 aliphatic heterocycles. The lowest BCUT2D eigenvalue weighted by Gasteiger charge is -2.26. The number of carbonyl (C=O) groups is 2. The van der Waals surface area contributed by atoms with Crippen molar-refractivity contribution >= 4 is 34.6 Å². The second-order valence-corrected chi connectivity index (χ2v) is 11.6. The molecule has 0 amide bonds. The first-order valence-electron chi connectivity index (χ1n) is 14.8. The molecule has 0 fully saturated rings. The van der Waals surface area contributed by atoms with Crippen LogP contribution in [0.15, 0.2) is 97.5 Å². The van der Waals surface area contributed by atoms with E-state index in [1.807, 2.05) is 75.4 Å². The van der Waals surface area contributed by atoms with E-state index in [1.165, 1.54) is 10.8 Å². The minimum Gasteiger partial charge on any atom is -0.462 e. The van der Waals surface area contributed by atoms with Gasteiger partial charge in [0.1, 0.15) is 22.6 Å². The first kappa shape index (κ1) is 29.6. The molecule has 0 bridgehead atoms. The van der Waals surface area contributed by atoms with Crippen LogP contribution in [-0.4, -0.2) is 48.4 Å². The van der Waals surface area contributed by atoms with Gasteiger partial charge in [0.05, 0.1) is 18.5 Å². The summed E-state index contributed by atoms with van der Waals surface area (Å²) in [4.78, 5) is 38.0. The van der Waals surface area contributed by atoms with Crippen molar-refractivity contribution in [3.63, 3.8) is 0 Å². The van der Waals surface area contributed by atoms with Gasteiger partial charge in [-0.15, -0.1) is 0 Å². The van der Waals surface area contributed by atoms with Crippen LogP contribution in [0.2, 0.25) is 0 Å². The molecule has 0 aliphatic rings. The lowest BCUT2D eigenvalue weighted by Crippen LogP contribution is -2.26. The molecule has 4 aromatic heterocycles. The Morgan fingerprint density at radius 1 is 0.889 bits per heavy atom. The minimum atomic E-state index is -0.700. The zero-order valence-electron chi connectivity index (χ0n) is 25.7. The molecule has 0 unspecified atom stereocenters. The summed E-state index contributed by atoms with van der Waals surface area (Å²) < 4.78 is 14.1. The highest BCUT2D eigenvalue weighted by Gasteiger charge is 2.26. The number of fused-ring (bicyclic) bond motifs is 2. The Morgan fingerprint density at radius 2 is 1.56 bits per heavy atom. The highest BCUT2D eigenvalue weighted by Crippen LogP contribution is 2.33. The molecule has 4 heterocycles. The van der Waals surface area contributed by atoms with Gasteiger partial charge in [0.25, 0.3) is 0 Å². The molecule has 6 rings (SSSR count). The van der Waals surface area contributed by atoms with Crippen LogP contribution in [0.5, 0.6) is 0 Å². The SMILES string of the molecule is CCOC(=O)c1cnn2c(N(Cc3ccccc3)Cc3ccccc3)cc(-c3cn(C(=O)OC(C)(C)C)c4ncccc34)nc12. The summed E-state index contributed by atoms with van der Waals surface area (Å²) in [5.74, 6) is 0.193. The standard InChI is InChI=1S/C35H34N6O4/c1-5-44-33(42)27-20-37-41-30(39(21-24-13-8-6-9-14-24)22-25-15-10-7-11-16-25)19-29(38-32(27)41)28-23-40(34(43)45-35(2,3)4)31-26(28)17-12-18-36-31/h6-20,23H,5,21-22H2,1-4H3. The Bertz CT molecular complexity index is 1930. The van der Waals surface area contributed by atoms with E-state index in [0.717, 1.165) is 11.1 Å². The van der Waals surface area contributed by atoms with Crippen LogP contribution in [0.3, 0.4) is 0 Å². The first-order valence-corrected chi connectivity index (χ1v) is 14.8. The van der Waals surface area contributed by atoms with Gasteiger partial charge in [0.2, 0.25) is 0 Å². The molecular formula is C35H34N6O4. The Labute approximate surface area is 260 Å². The number of aromatic nitrogens is 5. The number of pyridine rings is 1. The van der Waals surface area contributed by atoms with Gasteiger partial charge >= 0.3 is 12.1 Å². The molecule has 45 heavy (non-hydrogen) atoms. The second-order valence-electron chi connectivity index (χ2n) is 11.6. The van der Waals surface area contributed by atoms with Crippen LogP contribution in [0, 0.1) is 0 Å². The van der Waals surface area contributed by atoms with Crippen molar-refractivity contribution in [2.75, 3.05) is 11.5 Å². The fourth-order valence-corrected chi connectivity index (χ4v) is 5.20. The molecule has 10 nitrogen and oxygen atoms in total. The molecule has 0 saturated heterocycles. The van der Waals surface area contributed by atoms with Crippen LogP contribution in [-0.2, 0) is 22.6 Å². The third-order valence-corrected chi connectivity index (χ3v) is 7.13. The molecule has 6 aromatic rings. The topological polar surface area (TPSA) is 104 Å². The molecule has 10 heteroatoms. The number of ether oxygens (including phenoxy) is 2. The van der Waals surface area contributed by atoms with Gasteiger partial charge in [-0.05, 0) is 51.0 Å². The number of carbonyl (C=O) groups excluding carboxylic acids is 2. The van der Waals surface area contributed by atoms with Crippen LogP contribution in [0.4, 0.5) is 10.6 Å². The number of rotatable bonds is 8. The van der Waals surface area contributed by atoms with E-state index in [0.29, 0.717) is 46.8 Å². The maximum Gasteiger partial charge on any atom is 0.420 e. The van der Waals surface area contributed by atoms with E-state index >= 15 is 0 Å². The molecule has 0 aliphatic carbocycles. The lowest BCUT2D eigenvalue weighted by atomic mass is 10.1. The molecular weight excluding hydrogens is 568 g/mol. The lowest BCUT2D eigenvalue weighted by molar-refractivity contribution is 0.0523. The van der Waals surface area contributed by atoms with E-state index in [1.54, 1.807) is 23.8 Å². The zero-order valence-corrected chi connectivity index (χ0v) is 25.7. The van der Waals surface area contributed by atoms with Gasteiger partial charge in [-0.2, -0.15) is 9.61 Å². The largest absolute Gasteiger partial charge is 0.462 e. The van der Waals surface area contributed by atoms with Gasteiger partial charge in [-0.3, -0.25) is 0 Å². The highest BCUT2D eigenvalue weighted by molar-refractivity contribution is 6.00. The maximum atomic E-state index is 13.3. The smallest absolute Gasteiger partial charge is 0.420 e. The van der Waals surface area contributed by atoms with Crippen LogP contribution < -0.4 is 4.90 Å². The number of hydrogen-bond donors (Lipinski definition) is 0. The normalized spacial score (nSPS) is 11.6. The van der Waals surface area contributed by atoms with Crippen molar-refractivity contribution in [1.82, 2.24) is 24.1 Å². The highest BCUT2D eigenvalue weighted by atomic mass is 16.6. The average molecular weight is 603 g/mol. The van der Waals surface area contributed by atoms with Crippen LogP contribution >= 0.6 is 0 Å². The molecule has 228 valence electrons. The van der Waals surface area contributed by atoms with E-state index in [4.69, 9.17) is 14.5 Å². The Morgan fingerprint density at radius 3 is 2.18 bits per heavy atom. The number of anilines is 1. The summed E-state index contributed by atoms with van der Waals surface area (Å²) in [5.41, 5.74) is 3.72. The molecule has 0 saturated carbocycles. The van der Waals surface area contributed by atoms with E-state index < -0.39 is 17.7 Å². The molecule has 0 atom stereocenters. The Kier molecular flexibility index (Phi) is 8.04. The number of esters is 1. The van der Waals surface area contributed by atoms with Crippen molar-refractivity contribution in [2.24, 2.45) is 0 Å². The molecule has 0 spiro atoms. The summed E-state index contributed by atoms with van der Waals surface area (Å²) in [5, 5.41) is 5.33. The summed E-state index contributed by atoms with van der Waals surface area (Å²) in [6, 6.07) is 25.9. The summed E-state index contributed by atoms with van der Waals surface area (Å²) >= 11 is 0. The third kappa shape index (κ3) is 6.26. The van der Waals surface area contributed by atoms with Crippen molar-refractivity contribution in [2.45, 2.75) is 46.4 Å². The van der Waals surface area contributed by atoms with Crippen molar-refractivity contribution in [3.8, 4) is 11.3 Å². The fourth-order valence-electron chi connectivity index (χ4n) is 5.20. The summed E-state index contributed by atoms with van der Waals surface area (Å²) in [6.45, 7) is 8.54. The predicted molar refractivity (Wildman–Crippen MR) is 172 cm³/mol. The molecule has 0 N–H and O–H groups in total. The van der Waals surface area contributed by atoms with Gasteiger partial charge < -0.3 is 14.4 Å². The summed E-state index contributed by atoms with van der Waals surface area (Å²) in [7, 11) is 0. The van der Waals surface area contributed by atoms with E-state index in [-0.39, 0.29) is 12.2 Å². The van der Waals surface area contributed by atoms with Gasteiger partial charge in [0, 0.05) is 42.5 Å². The molecule has 2 aromatic carbocycles. The Balaban J connectivity index is 1.58. The third-order valence-electron chi connectivity index (χ3n) is 7.13. The average Bonchev–Trinajstić information content (AvgIpc) is 3.63. The van der Waals surface area contributed by atoms with Crippen LogP contribution in [0.25, 0.3) is 27.9 Å². The van der Waals surface area contributed by atoms with Crippen molar-refractivity contribution < 1.29 is 19.1 Å². The fraction of sp³-hybridized carbons (Fsp3) is 0.229. The van der Waals surface area contributed by atoms with Crippen LogP contribution in [0.1, 0.15) is 49.2 Å². The molecule has 0 radical (unpaired) electrons. The minimum absolute atomic E-state index is 0.214. The van der Waals surface area contributed by atoms with Crippen molar-refractivity contribution in [1.29, 1.82) is 0 Å². The predicted octanol–water partition coefficient (Wildman–Crippen LogP) is 6.91. The van der Waals surface area contributed by atoms with Gasteiger partial charge in [-0.25, -0.2) is 24.1 Å². The quantitative estimate of drug-likeness (QED) is 0.173. The van der Waals surface area contributed by atoms with Crippen molar-refractivity contribution in [3.05, 3.63) is 114 Å². The summed E-state index contributed by atoms with van der Waals surface area (Å²) in [6.07, 6.45) is 4.26. The zero-order chi connectivity index (χ0) is 31.6. The van der Waals surface area contributed by atoms with Gasteiger partial charge in [-0.1, -0.05) is 60.7 Å². The van der Waals surface area contributed by atoms with E-state index in [9.17, 15) is 9.59 Å². The number of benzene rings is 2.